The summed E-state index contributed by atoms with van der Waals surface area (Å²) in [6.07, 6.45) is 1.87. The third-order valence-electron chi connectivity index (χ3n) is 4.49. The van der Waals surface area contributed by atoms with Crippen molar-refractivity contribution in [1.82, 2.24) is 20.4 Å². The predicted molar refractivity (Wildman–Crippen MR) is 103 cm³/mol. The monoisotopic (exact) mass is 349 g/mol. The Labute approximate surface area is 151 Å². The first-order valence-electron chi connectivity index (χ1n) is 9.35. The summed E-state index contributed by atoms with van der Waals surface area (Å²) in [5.74, 6) is 0.670. The fourth-order valence-electron chi connectivity index (χ4n) is 2.99. The van der Waals surface area contributed by atoms with Crippen LogP contribution in [0.2, 0.25) is 0 Å². The van der Waals surface area contributed by atoms with E-state index in [-0.39, 0.29) is 5.82 Å². The van der Waals surface area contributed by atoms with Gasteiger partial charge in [-0.05, 0) is 51.5 Å². The average Bonchev–Trinajstić information content (AvgIpc) is 2.81. The molecule has 1 aliphatic heterocycles. The predicted octanol–water partition coefficient (Wildman–Crippen LogP) is 1.56. The van der Waals surface area contributed by atoms with Crippen LogP contribution in [0.3, 0.4) is 0 Å². The lowest BCUT2D eigenvalue weighted by Crippen LogP contribution is -2.39. The Balaban J connectivity index is 1.74. The second-order valence-corrected chi connectivity index (χ2v) is 6.53. The SMILES string of the molecule is CCNC(=NCCN1CCCN(C)CC1)NCCc1ccccc1F. The molecule has 1 aromatic rings. The smallest absolute Gasteiger partial charge is 0.191 e. The van der Waals surface area contributed by atoms with Crippen LogP contribution in [-0.4, -0.2) is 75.2 Å². The minimum absolute atomic E-state index is 0.141. The largest absolute Gasteiger partial charge is 0.357 e. The van der Waals surface area contributed by atoms with Crippen molar-refractivity contribution in [3.05, 3.63) is 35.6 Å². The van der Waals surface area contributed by atoms with Crippen molar-refractivity contribution in [2.24, 2.45) is 4.99 Å². The fourth-order valence-corrected chi connectivity index (χ4v) is 2.99. The molecule has 1 fully saturated rings. The van der Waals surface area contributed by atoms with Crippen LogP contribution in [0.15, 0.2) is 29.3 Å². The van der Waals surface area contributed by atoms with Crippen LogP contribution in [0.1, 0.15) is 18.9 Å². The highest BCUT2D eigenvalue weighted by Gasteiger charge is 2.11. The molecule has 1 aromatic carbocycles. The van der Waals surface area contributed by atoms with Gasteiger partial charge in [-0.2, -0.15) is 0 Å². The summed E-state index contributed by atoms with van der Waals surface area (Å²) in [4.78, 5) is 9.52. The summed E-state index contributed by atoms with van der Waals surface area (Å²) < 4.78 is 13.6. The fraction of sp³-hybridized carbons (Fsp3) is 0.632. The van der Waals surface area contributed by atoms with Crippen molar-refractivity contribution in [2.45, 2.75) is 19.8 Å². The van der Waals surface area contributed by atoms with Gasteiger partial charge in [-0.25, -0.2) is 4.39 Å². The molecule has 1 saturated heterocycles. The number of rotatable bonds is 7. The Morgan fingerprint density at radius 1 is 1.16 bits per heavy atom. The summed E-state index contributed by atoms with van der Waals surface area (Å²) in [7, 11) is 2.18. The number of aliphatic imine (C=N–C) groups is 1. The zero-order valence-electron chi connectivity index (χ0n) is 15.6. The molecule has 2 N–H and O–H groups in total. The molecule has 1 aliphatic rings. The Morgan fingerprint density at radius 2 is 2.00 bits per heavy atom. The van der Waals surface area contributed by atoms with E-state index < -0.39 is 0 Å². The lowest BCUT2D eigenvalue weighted by Gasteiger charge is -2.19. The topological polar surface area (TPSA) is 42.9 Å². The van der Waals surface area contributed by atoms with Gasteiger partial charge in [0.15, 0.2) is 5.96 Å². The highest BCUT2D eigenvalue weighted by atomic mass is 19.1. The van der Waals surface area contributed by atoms with Gasteiger partial charge in [0.1, 0.15) is 5.82 Å². The van der Waals surface area contributed by atoms with Gasteiger partial charge in [0, 0.05) is 32.7 Å². The van der Waals surface area contributed by atoms with E-state index in [1.54, 1.807) is 6.07 Å². The molecule has 0 radical (unpaired) electrons. The van der Waals surface area contributed by atoms with Gasteiger partial charge in [-0.3, -0.25) is 4.99 Å². The molecule has 0 saturated carbocycles. The number of guanidine groups is 1. The van der Waals surface area contributed by atoms with Crippen LogP contribution in [-0.2, 0) is 6.42 Å². The van der Waals surface area contributed by atoms with E-state index in [4.69, 9.17) is 0 Å². The number of likely N-dealkylation sites (N-methyl/N-ethyl adjacent to an activating group) is 1. The zero-order chi connectivity index (χ0) is 17.9. The van der Waals surface area contributed by atoms with E-state index in [0.29, 0.717) is 13.0 Å². The molecule has 1 heterocycles. The van der Waals surface area contributed by atoms with Gasteiger partial charge < -0.3 is 20.4 Å². The van der Waals surface area contributed by atoms with Crippen LogP contribution in [0.5, 0.6) is 0 Å². The molecule has 25 heavy (non-hydrogen) atoms. The first-order chi connectivity index (χ1) is 12.2. The minimum atomic E-state index is -0.141. The zero-order valence-corrected chi connectivity index (χ0v) is 15.6. The van der Waals surface area contributed by atoms with Gasteiger partial charge >= 0.3 is 0 Å². The number of nitrogens with zero attached hydrogens (tertiary/aromatic N) is 3. The van der Waals surface area contributed by atoms with Crippen molar-refractivity contribution in [3.63, 3.8) is 0 Å². The van der Waals surface area contributed by atoms with Crippen molar-refractivity contribution in [2.75, 3.05) is 59.4 Å². The van der Waals surface area contributed by atoms with Crippen molar-refractivity contribution in [1.29, 1.82) is 0 Å². The third kappa shape index (κ3) is 7.40. The summed E-state index contributed by atoms with van der Waals surface area (Å²) in [5, 5.41) is 6.56. The second-order valence-electron chi connectivity index (χ2n) is 6.53. The molecule has 2 rings (SSSR count). The molecular weight excluding hydrogens is 317 g/mol. The second kappa shape index (κ2) is 11.1. The minimum Gasteiger partial charge on any atom is -0.357 e. The number of halogens is 1. The van der Waals surface area contributed by atoms with Crippen molar-refractivity contribution in [3.8, 4) is 0 Å². The van der Waals surface area contributed by atoms with Crippen molar-refractivity contribution < 1.29 is 4.39 Å². The average molecular weight is 349 g/mol. The van der Waals surface area contributed by atoms with E-state index in [0.717, 1.165) is 50.8 Å². The van der Waals surface area contributed by atoms with Crippen LogP contribution in [0, 0.1) is 5.82 Å². The molecule has 140 valence electrons. The molecule has 0 spiro atoms. The molecule has 6 heteroatoms. The van der Waals surface area contributed by atoms with E-state index >= 15 is 0 Å². The summed E-state index contributed by atoms with van der Waals surface area (Å²) in [6.45, 7) is 9.88. The third-order valence-corrected chi connectivity index (χ3v) is 4.49. The van der Waals surface area contributed by atoms with E-state index in [9.17, 15) is 4.39 Å². The Bertz CT molecular complexity index is 534. The molecule has 5 nitrogen and oxygen atoms in total. The van der Waals surface area contributed by atoms with Gasteiger partial charge in [-0.1, -0.05) is 18.2 Å². The van der Waals surface area contributed by atoms with Crippen LogP contribution < -0.4 is 10.6 Å². The van der Waals surface area contributed by atoms with E-state index in [1.165, 1.54) is 19.0 Å². The van der Waals surface area contributed by atoms with Crippen LogP contribution in [0.4, 0.5) is 4.39 Å². The van der Waals surface area contributed by atoms with Gasteiger partial charge in [-0.15, -0.1) is 0 Å². The Hall–Kier alpha value is -1.66. The first kappa shape index (κ1) is 19.7. The normalized spacial score (nSPS) is 17.3. The number of hydrogen-bond donors (Lipinski definition) is 2. The standard InChI is InChI=1S/C19H32FN5/c1-3-21-19(22-10-9-17-7-4-5-8-18(17)20)23-11-14-25-13-6-12-24(2)15-16-25/h4-5,7-8H,3,6,9-16H2,1-2H3,(H2,21,22,23). The highest BCUT2D eigenvalue weighted by molar-refractivity contribution is 5.79. The molecule has 0 unspecified atom stereocenters. The summed E-state index contributed by atoms with van der Waals surface area (Å²) in [6, 6.07) is 6.93. The molecule has 0 amide bonds. The highest BCUT2D eigenvalue weighted by Crippen LogP contribution is 2.06. The quantitative estimate of drug-likeness (QED) is 0.579. The van der Waals surface area contributed by atoms with Gasteiger partial charge in [0.2, 0.25) is 0 Å². The van der Waals surface area contributed by atoms with Gasteiger partial charge in [0.25, 0.3) is 0 Å². The Kier molecular flexibility index (Phi) is 8.69. The Morgan fingerprint density at radius 3 is 2.80 bits per heavy atom. The molecule has 0 bridgehead atoms. The van der Waals surface area contributed by atoms with Crippen molar-refractivity contribution >= 4 is 5.96 Å². The molecule has 0 atom stereocenters. The molecule has 0 aromatic heterocycles. The van der Waals surface area contributed by atoms with E-state index in [2.05, 4.69) is 39.4 Å². The molecule has 0 aliphatic carbocycles. The molecular formula is C19H32FN5. The lowest BCUT2D eigenvalue weighted by atomic mass is 10.1. The maximum atomic E-state index is 13.6. The summed E-state index contributed by atoms with van der Waals surface area (Å²) >= 11 is 0. The number of benzene rings is 1. The maximum absolute atomic E-state index is 13.6. The maximum Gasteiger partial charge on any atom is 0.191 e. The van der Waals surface area contributed by atoms with Gasteiger partial charge in [0.05, 0.1) is 6.54 Å². The lowest BCUT2D eigenvalue weighted by molar-refractivity contribution is 0.283. The number of hydrogen-bond acceptors (Lipinski definition) is 3. The summed E-state index contributed by atoms with van der Waals surface area (Å²) in [5.41, 5.74) is 0.736. The number of nitrogens with one attached hydrogen (secondary N) is 2. The van der Waals surface area contributed by atoms with Crippen LogP contribution >= 0.6 is 0 Å². The first-order valence-corrected chi connectivity index (χ1v) is 9.35. The van der Waals surface area contributed by atoms with E-state index in [1.807, 2.05) is 12.1 Å². The van der Waals surface area contributed by atoms with Crippen LogP contribution in [0.25, 0.3) is 0 Å².